The molecule has 0 atom stereocenters. The van der Waals surface area contributed by atoms with Crippen LogP contribution >= 0.6 is 0 Å². The molecule has 0 N–H and O–H groups in total. The molecule has 2 aromatic rings. The van der Waals surface area contributed by atoms with E-state index in [-0.39, 0.29) is 17.9 Å². The van der Waals surface area contributed by atoms with Crippen molar-refractivity contribution in [2.24, 2.45) is 0 Å². The van der Waals surface area contributed by atoms with Crippen LogP contribution in [0.4, 0.5) is 5.69 Å². The first-order valence-electron chi connectivity index (χ1n) is 7.98. The summed E-state index contributed by atoms with van der Waals surface area (Å²) < 4.78 is 5.53. The molecule has 0 aliphatic carbocycles. The van der Waals surface area contributed by atoms with Crippen LogP contribution in [0.25, 0.3) is 0 Å². The van der Waals surface area contributed by atoms with Crippen LogP contribution in [-0.2, 0) is 16.8 Å². The molecule has 0 unspecified atom stereocenters. The molecular formula is C20H23NO2. The van der Waals surface area contributed by atoms with Crippen molar-refractivity contribution in [1.82, 2.24) is 0 Å². The Hall–Kier alpha value is -2.29. The monoisotopic (exact) mass is 309 g/mol. The molecule has 1 aliphatic heterocycles. The van der Waals surface area contributed by atoms with E-state index in [2.05, 4.69) is 45.0 Å². The van der Waals surface area contributed by atoms with Gasteiger partial charge in [-0.05, 0) is 41.2 Å². The minimum Gasteiger partial charge on any atom is -0.482 e. The number of amides is 1. The number of rotatable bonds is 2. The van der Waals surface area contributed by atoms with Gasteiger partial charge in [0, 0.05) is 0 Å². The van der Waals surface area contributed by atoms with Crippen molar-refractivity contribution >= 4 is 11.6 Å². The topological polar surface area (TPSA) is 29.5 Å². The Morgan fingerprint density at radius 2 is 1.78 bits per heavy atom. The van der Waals surface area contributed by atoms with Crippen molar-refractivity contribution in [2.45, 2.75) is 39.7 Å². The van der Waals surface area contributed by atoms with Crippen LogP contribution in [0.5, 0.6) is 5.75 Å². The number of hydrogen-bond acceptors (Lipinski definition) is 2. The summed E-state index contributed by atoms with van der Waals surface area (Å²) in [6, 6.07) is 14.5. The predicted octanol–water partition coefficient (Wildman–Crippen LogP) is 4.22. The lowest BCUT2D eigenvalue weighted by molar-refractivity contribution is -0.121. The lowest BCUT2D eigenvalue weighted by atomic mass is 9.87. The van der Waals surface area contributed by atoms with Crippen LogP contribution in [0.15, 0.2) is 42.5 Å². The molecule has 3 nitrogen and oxygen atoms in total. The van der Waals surface area contributed by atoms with E-state index in [0.29, 0.717) is 6.54 Å². The maximum absolute atomic E-state index is 12.3. The Morgan fingerprint density at radius 1 is 1.09 bits per heavy atom. The molecule has 120 valence electrons. The average molecular weight is 309 g/mol. The van der Waals surface area contributed by atoms with Gasteiger partial charge >= 0.3 is 0 Å². The minimum atomic E-state index is 0.00278. The van der Waals surface area contributed by atoms with Gasteiger partial charge in [-0.2, -0.15) is 0 Å². The molecule has 1 amide bonds. The van der Waals surface area contributed by atoms with E-state index in [0.717, 1.165) is 22.6 Å². The lowest BCUT2D eigenvalue weighted by Crippen LogP contribution is -2.38. The van der Waals surface area contributed by atoms with Crippen LogP contribution in [0.2, 0.25) is 0 Å². The van der Waals surface area contributed by atoms with Crippen LogP contribution in [0.1, 0.15) is 37.5 Å². The summed E-state index contributed by atoms with van der Waals surface area (Å²) in [5.41, 5.74) is 4.54. The third kappa shape index (κ3) is 3.24. The second-order valence-corrected chi connectivity index (χ2v) is 7.19. The number of anilines is 1. The molecule has 0 radical (unpaired) electrons. The smallest absolute Gasteiger partial charge is 0.265 e. The van der Waals surface area contributed by atoms with Gasteiger partial charge in [-0.1, -0.05) is 51.1 Å². The first kappa shape index (κ1) is 15.6. The Labute approximate surface area is 137 Å². The summed E-state index contributed by atoms with van der Waals surface area (Å²) >= 11 is 0. The van der Waals surface area contributed by atoms with Gasteiger partial charge in [0.2, 0.25) is 0 Å². The van der Waals surface area contributed by atoms with Gasteiger partial charge in [-0.3, -0.25) is 4.79 Å². The Balaban J connectivity index is 1.88. The SMILES string of the molecule is Cc1ccc2c(c1)N(Cc1ccc(C(C)(C)C)cc1)C(=O)CO2. The van der Waals surface area contributed by atoms with Crippen molar-refractivity contribution < 1.29 is 9.53 Å². The standard InChI is InChI=1S/C20H23NO2/c1-14-5-10-18-17(11-14)21(19(22)13-23-18)12-15-6-8-16(9-7-15)20(2,3)4/h5-11H,12-13H2,1-4H3. The second kappa shape index (κ2) is 5.73. The number of fused-ring (bicyclic) bond motifs is 1. The van der Waals surface area contributed by atoms with Gasteiger partial charge in [-0.25, -0.2) is 0 Å². The molecule has 1 heterocycles. The van der Waals surface area contributed by atoms with Crippen molar-refractivity contribution in [2.75, 3.05) is 11.5 Å². The number of aryl methyl sites for hydroxylation is 1. The van der Waals surface area contributed by atoms with Crippen molar-refractivity contribution in [3.8, 4) is 5.75 Å². The molecule has 2 aromatic carbocycles. The van der Waals surface area contributed by atoms with E-state index in [4.69, 9.17) is 4.74 Å². The third-order valence-corrected chi connectivity index (χ3v) is 4.22. The van der Waals surface area contributed by atoms with Crippen LogP contribution in [0, 0.1) is 6.92 Å². The zero-order chi connectivity index (χ0) is 16.6. The van der Waals surface area contributed by atoms with E-state index < -0.39 is 0 Å². The van der Waals surface area contributed by atoms with E-state index in [1.165, 1.54) is 5.56 Å². The molecule has 0 spiro atoms. The van der Waals surface area contributed by atoms with E-state index in [9.17, 15) is 4.79 Å². The van der Waals surface area contributed by atoms with Gasteiger partial charge in [0.25, 0.3) is 5.91 Å². The number of hydrogen-bond donors (Lipinski definition) is 0. The number of nitrogens with zero attached hydrogens (tertiary/aromatic N) is 1. The van der Waals surface area contributed by atoms with Crippen molar-refractivity contribution in [1.29, 1.82) is 0 Å². The van der Waals surface area contributed by atoms with Gasteiger partial charge in [0.1, 0.15) is 5.75 Å². The number of ether oxygens (including phenoxy) is 1. The molecule has 23 heavy (non-hydrogen) atoms. The Bertz CT molecular complexity index is 726. The highest BCUT2D eigenvalue weighted by Gasteiger charge is 2.25. The average Bonchev–Trinajstić information content (AvgIpc) is 2.50. The van der Waals surface area contributed by atoms with Gasteiger partial charge in [-0.15, -0.1) is 0 Å². The van der Waals surface area contributed by atoms with Gasteiger partial charge < -0.3 is 9.64 Å². The van der Waals surface area contributed by atoms with Gasteiger partial charge in [0.15, 0.2) is 6.61 Å². The largest absolute Gasteiger partial charge is 0.482 e. The van der Waals surface area contributed by atoms with Crippen molar-refractivity contribution in [3.05, 3.63) is 59.2 Å². The summed E-state index contributed by atoms with van der Waals surface area (Å²) in [7, 11) is 0. The Morgan fingerprint density at radius 3 is 2.43 bits per heavy atom. The summed E-state index contributed by atoms with van der Waals surface area (Å²) in [5, 5.41) is 0. The summed E-state index contributed by atoms with van der Waals surface area (Å²) in [5.74, 6) is 0.782. The number of carbonyl (C=O) groups excluding carboxylic acids is 1. The fraction of sp³-hybridized carbons (Fsp3) is 0.350. The fourth-order valence-electron chi connectivity index (χ4n) is 2.78. The first-order chi connectivity index (χ1) is 10.8. The number of carbonyl (C=O) groups is 1. The predicted molar refractivity (Wildman–Crippen MR) is 93.0 cm³/mol. The van der Waals surface area contributed by atoms with Crippen LogP contribution < -0.4 is 9.64 Å². The van der Waals surface area contributed by atoms with E-state index in [1.807, 2.05) is 30.0 Å². The highest BCUT2D eigenvalue weighted by molar-refractivity contribution is 5.97. The zero-order valence-electron chi connectivity index (χ0n) is 14.2. The molecule has 0 aromatic heterocycles. The normalized spacial score (nSPS) is 14.4. The molecule has 1 aliphatic rings. The van der Waals surface area contributed by atoms with Crippen molar-refractivity contribution in [3.63, 3.8) is 0 Å². The van der Waals surface area contributed by atoms with E-state index in [1.54, 1.807) is 0 Å². The van der Waals surface area contributed by atoms with Crippen LogP contribution in [-0.4, -0.2) is 12.5 Å². The third-order valence-electron chi connectivity index (χ3n) is 4.22. The molecule has 3 heteroatoms. The molecule has 0 saturated carbocycles. The lowest BCUT2D eigenvalue weighted by Gasteiger charge is -2.30. The minimum absolute atomic E-state index is 0.00278. The maximum Gasteiger partial charge on any atom is 0.265 e. The molecule has 0 bridgehead atoms. The molecule has 0 fully saturated rings. The Kier molecular flexibility index (Phi) is 3.88. The number of benzene rings is 2. The second-order valence-electron chi connectivity index (χ2n) is 7.19. The summed E-state index contributed by atoms with van der Waals surface area (Å²) in [4.78, 5) is 14.1. The molecular weight excluding hydrogens is 286 g/mol. The van der Waals surface area contributed by atoms with Gasteiger partial charge in [0.05, 0.1) is 12.2 Å². The maximum atomic E-state index is 12.3. The fourth-order valence-corrected chi connectivity index (χ4v) is 2.78. The molecule has 3 rings (SSSR count). The zero-order valence-corrected chi connectivity index (χ0v) is 14.2. The summed E-state index contributed by atoms with van der Waals surface area (Å²) in [6.07, 6.45) is 0. The highest BCUT2D eigenvalue weighted by atomic mass is 16.5. The van der Waals surface area contributed by atoms with E-state index >= 15 is 0 Å². The first-order valence-corrected chi connectivity index (χ1v) is 7.98. The quantitative estimate of drug-likeness (QED) is 0.831. The molecule has 0 saturated heterocycles. The van der Waals surface area contributed by atoms with Crippen LogP contribution in [0.3, 0.4) is 0 Å². The highest BCUT2D eigenvalue weighted by Crippen LogP contribution is 2.34. The summed E-state index contributed by atoms with van der Waals surface area (Å²) in [6.45, 7) is 9.31.